The van der Waals surface area contributed by atoms with Crippen molar-refractivity contribution in [2.45, 2.75) is 37.0 Å². The second-order valence-electron chi connectivity index (χ2n) is 7.89. The van der Waals surface area contributed by atoms with Gasteiger partial charge in [-0.15, -0.1) is 0 Å². The fraction of sp³-hybridized carbons (Fsp3) is 0.409. The standard InChI is InChI=1S/C22H26N2O3S/c1-17-8-9-20(16-18(17)2)28(26,27)24-14-12-23(13-15-24)21(25)22(10-11-22)19-6-4-3-5-7-19/h3-9,16H,10-15H2,1-2H3. The third-order valence-corrected chi connectivity index (χ3v) is 8.02. The molecule has 0 atom stereocenters. The highest BCUT2D eigenvalue weighted by atomic mass is 32.2. The van der Waals surface area contributed by atoms with E-state index in [1.54, 1.807) is 12.1 Å². The Balaban J connectivity index is 1.46. The Hall–Kier alpha value is -2.18. The van der Waals surface area contributed by atoms with Crippen molar-refractivity contribution in [1.82, 2.24) is 9.21 Å². The van der Waals surface area contributed by atoms with Crippen molar-refractivity contribution in [3.8, 4) is 0 Å². The van der Waals surface area contributed by atoms with E-state index < -0.39 is 15.4 Å². The minimum Gasteiger partial charge on any atom is -0.339 e. The first-order chi connectivity index (χ1) is 13.3. The number of rotatable bonds is 4. The molecule has 0 spiro atoms. The molecule has 0 unspecified atom stereocenters. The number of hydrogen-bond donors (Lipinski definition) is 0. The maximum Gasteiger partial charge on any atom is 0.243 e. The molecule has 1 heterocycles. The molecule has 28 heavy (non-hydrogen) atoms. The van der Waals surface area contributed by atoms with Gasteiger partial charge in [-0.05, 0) is 55.5 Å². The van der Waals surface area contributed by atoms with E-state index in [0.717, 1.165) is 29.5 Å². The minimum atomic E-state index is -3.53. The number of nitrogens with zero attached hydrogens (tertiary/aromatic N) is 2. The van der Waals surface area contributed by atoms with Gasteiger partial charge in [-0.25, -0.2) is 8.42 Å². The molecule has 6 heteroatoms. The predicted octanol–water partition coefficient (Wildman–Crippen LogP) is 2.87. The van der Waals surface area contributed by atoms with Gasteiger partial charge in [0.05, 0.1) is 10.3 Å². The van der Waals surface area contributed by atoms with Crippen LogP contribution in [0.15, 0.2) is 53.4 Å². The highest BCUT2D eigenvalue weighted by molar-refractivity contribution is 7.89. The third-order valence-electron chi connectivity index (χ3n) is 6.13. The second kappa shape index (κ2) is 7.01. The Kier molecular flexibility index (Phi) is 4.79. The lowest BCUT2D eigenvalue weighted by Gasteiger charge is -2.36. The molecule has 2 aliphatic rings. The fourth-order valence-corrected chi connectivity index (χ4v) is 5.47. The second-order valence-corrected chi connectivity index (χ2v) is 9.83. The molecule has 5 nitrogen and oxygen atoms in total. The predicted molar refractivity (Wildman–Crippen MR) is 109 cm³/mol. The van der Waals surface area contributed by atoms with Crippen molar-refractivity contribution in [2.24, 2.45) is 0 Å². The molecular formula is C22H26N2O3S. The average molecular weight is 399 g/mol. The van der Waals surface area contributed by atoms with E-state index in [-0.39, 0.29) is 5.91 Å². The molecule has 4 rings (SSSR count). The molecule has 1 saturated heterocycles. The van der Waals surface area contributed by atoms with Gasteiger partial charge in [0.1, 0.15) is 0 Å². The van der Waals surface area contributed by atoms with Crippen molar-refractivity contribution in [3.63, 3.8) is 0 Å². The molecule has 1 aliphatic carbocycles. The molecular weight excluding hydrogens is 372 g/mol. The summed E-state index contributed by atoms with van der Waals surface area (Å²) in [4.78, 5) is 15.3. The van der Waals surface area contributed by atoms with Gasteiger partial charge in [-0.2, -0.15) is 4.31 Å². The van der Waals surface area contributed by atoms with E-state index in [0.29, 0.717) is 31.1 Å². The van der Waals surface area contributed by atoms with Gasteiger partial charge in [0, 0.05) is 26.2 Å². The molecule has 2 aromatic carbocycles. The van der Waals surface area contributed by atoms with E-state index in [1.807, 2.05) is 55.1 Å². The van der Waals surface area contributed by atoms with Crippen LogP contribution in [0.3, 0.4) is 0 Å². The van der Waals surface area contributed by atoms with Crippen molar-refractivity contribution in [2.75, 3.05) is 26.2 Å². The number of amides is 1. The van der Waals surface area contributed by atoms with E-state index in [2.05, 4.69) is 0 Å². The van der Waals surface area contributed by atoms with E-state index in [9.17, 15) is 13.2 Å². The van der Waals surface area contributed by atoms with Crippen LogP contribution in [0.5, 0.6) is 0 Å². The van der Waals surface area contributed by atoms with Crippen molar-refractivity contribution in [1.29, 1.82) is 0 Å². The summed E-state index contributed by atoms with van der Waals surface area (Å²) in [6.45, 7) is 5.45. The molecule has 0 radical (unpaired) electrons. The summed E-state index contributed by atoms with van der Waals surface area (Å²) in [5.74, 6) is 0.141. The molecule has 2 fully saturated rings. The third kappa shape index (κ3) is 3.25. The molecule has 1 aliphatic heterocycles. The lowest BCUT2D eigenvalue weighted by Crippen LogP contribution is -2.52. The molecule has 0 bridgehead atoms. The van der Waals surface area contributed by atoms with E-state index >= 15 is 0 Å². The van der Waals surface area contributed by atoms with Crippen molar-refractivity contribution >= 4 is 15.9 Å². The molecule has 1 amide bonds. The molecule has 0 aromatic heterocycles. The summed E-state index contributed by atoms with van der Waals surface area (Å²) in [5, 5.41) is 0. The maximum atomic E-state index is 13.1. The lowest BCUT2D eigenvalue weighted by molar-refractivity contribution is -0.135. The van der Waals surface area contributed by atoms with Crippen LogP contribution < -0.4 is 0 Å². The average Bonchev–Trinajstić information content (AvgIpc) is 3.52. The number of benzene rings is 2. The zero-order chi connectivity index (χ0) is 19.9. The van der Waals surface area contributed by atoms with Gasteiger partial charge in [0.2, 0.25) is 15.9 Å². The molecule has 2 aromatic rings. The first kappa shape index (κ1) is 19.2. The summed E-state index contributed by atoms with van der Waals surface area (Å²) in [5.41, 5.74) is 2.72. The van der Waals surface area contributed by atoms with Crippen LogP contribution in [-0.4, -0.2) is 49.7 Å². The molecule has 0 N–H and O–H groups in total. The van der Waals surface area contributed by atoms with Gasteiger partial charge in [0.15, 0.2) is 0 Å². The fourth-order valence-electron chi connectivity index (χ4n) is 3.97. The van der Waals surface area contributed by atoms with Crippen LogP contribution in [0.2, 0.25) is 0 Å². The zero-order valence-electron chi connectivity index (χ0n) is 16.4. The quantitative estimate of drug-likeness (QED) is 0.796. The number of sulfonamides is 1. The number of piperazine rings is 1. The summed E-state index contributed by atoms with van der Waals surface area (Å²) in [6.07, 6.45) is 1.74. The number of carbonyl (C=O) groups excluding carboxylic acids is 1. The first-order valence-electron chi connectivity index (χ1n) is 9.77. The van der Waals surface area contributed by atoms with E-state index in [4.69, 9.17) is 0 Å². The normalized spacial score (nSPS) is 19.4. The van der Waals surface area contributed by atoms with Crippen LogP contribution >= 0.6 is 0 Å². The van der Waals surface area contributed by atoms with Crippen LogP contribution in [-0.2, 0) is 20.2 Å². The van der Waals surface area contributed by atoms with Crippen LogP contribution in [0, 0.1) is 13.8 Å². The Labute approximate surface area is 167 Å². The first-order valence-corrected chi connectivity index (χ1v) is 11.2. The molecule has 1 saturated carbocycles. The van der Waals surface area contributed by atoms with Gasteiger partial charge in [-0.3, -0.25) is 4.79 Å². The number of carbonyl (C=O) groups is 1. The highest BCUT2D eigenvalue weighted by Gasteiger charge is 2.53. The van der Waals surface area contributed by atoms with Gasteiger partial charge in [0.25, 0.3) is 0 Å². The summed E-state index contributed by atoms with van der Waals surface area (Å²) in [7, 11) is -3.53. The summed E-state index contributed by atoms with van der Waals surface area (Å²) < 4.78 is 27.5. The van der Waals surface area contributed by atoms with Crippen molar-refractivity contribution in [3.05, 3.63) is 65.2 Å². The van der Waals surface area contributed by atoms with Crippen molar-refractivity contribution < 1.29 is 13.2 Å². The van der Waals surface area contributed by atoms with Gasteiger partial charge >= 0.3 is 0 Å². The Morgan fingerprint density at radius 2 is 1.54 bits per heavy atom. The van der Waals surface area contributed by atoms with Crippen LogP contribution in [0.25, 0.3) is 0 Å². The minimum absolute atomic E-state index is 0.141. The summed E-state index contributed by atoms with van der Waals surface area (Å²) in [6, 6.07) is 15.2. The maximum absolute atomic E-state index is 13.1. The zero-order valence-corrected chi connectivity index (χ0v) is 17.2. The Bertz CT molecular complexity index is 990. The smallest absolute Gasteiger partial charge is 0.243 e. The number of aryl methyl sites for hydroxylation is 2. The Morgan fingerprint density at radius 1 is 0.893 bits per heavy atom. The monoisotopic (exact) mass is 398 g/mol. The summed E-state index contributed by atoms with van der Waals surface area (Å²) >= 11 is 0. The van der Waals surface area contributed by atoms with Gasteiger partial charge in [-0.1, -0.05) is 36.4 Å². The van der Waals surface area contributed by atoms with E-state index in [1.165, 1.54) is 4.31 Å². The molecule has 148 valence electrons. The SMILES string of the molecule is Cc1ccc(S(=O)(=O)N2CCN(C(=O)C3(c4ccccc4)CC3)CC2)cc1C. The lowest BCUT2D eigenvalue weighted by atomic mass is 9.94. The topological polar surface area (TPSA) is 57.7 Å². The van der Waals surface area contributed by atoms with Crippen LogP contribution in [0.4, 0.5) is 0 Å². The Morgan fingerprint density at radius 3 is 2.11 bits per heavy atom. The highest BCUT2D eigenvalue weighted by Crippen LogP contribution is 2.49. The number of hydrogen-bond acceptors (Lipinski definition) is 3. The van der Waals surface area contributed by atoms with Crippen LogP contribution in [0.1, 0.15) is 29.5 Å². The largest absolute Gasteiger partial charge is 0.339 e. The van der Waals surface area contributed by atoms with Gasteiger partial charge < -0.3 is 4.90 Å².